The van der Waals surface area contributed by atoms with E-state index >= 15 is 0 Å². The highest BCUT2D eigenvalue weighted by Gasteiger charge is 2.13. The van der Waals surface area contributed by atoms with Crippen LogP contribution >= 0.6 is 0 Å². The van der Waals surface area contributed by atoms with Gasteiger partial charge in [0.05, 0.1) is 0 Å². The molecule has 1 fully saturated rings. The molecule has 9 heavy (non-hydrogen) atoms. The van der Waals surface area contributed by atoms with Crippen LogP contribution in [0.15, 0.2) is 0 Å². The molecule has 1 nitrogen and oxygen atoms in total. The van der Waals surface area contributed by atoms with Crippen LogP contribution in [0.2, 0.25) is 0 Å². The third-order valence-electron chi connectivity index (χ3n) is 1.97. The zero-order valence-electron chi connectivity index (χ0n) is 5.93. The van der Waals surface area contributed by atoms with Crippen molar-refractivity contribution in [3.05, 3.63) is 0 Å². The lowest BCUT2D eigenvalue weighted by molar-refractivity contribution is 0.244. The molecule has 0 N–H and O–H groups in total. The molecule has 0 aliphatic carbocycles. The molecule has 1 unspecified atom stereocenters. The molecule has 0 aromatic rings. The molecule has 0 radical (unpaired) electrons. The summed E-state index contributed by atoms with van der Waals surface area (Å²) >= 11 is 0. The van der Waals surface area contributed by atoms with Crippen molar-refractivity contribution in [1.29, 1.82) is 0 Å². The number of likely N-dealkylation sites (tertiary alicyclic amines) is 1. The van der Waals surface area contributed by atoms with Crippen LogP contribution in [0, 0.1) is 12.5 Å². The van der Waals surface area contributed by atoms with Crippen LogP contribution in [-0.2, 0) is 0 Å². The van der Waals surface area contributed by atoms with E-state index in [1.807, 2.05) is 0 Å². The second-order valence-electron chi connectivity index (χ2n) is 2.67. The van der Waals surface area contributed by atoms with Crippen molar-refractivity contribution in [2.24, 2.45) is 0 Å². The molecule has 1 atom stereocenters. The van der Waals surface area contributed by atoms with Gasteiger partial charge in [-0.05, 0) is 26.2 Å². The maximum absolute atomic E-state index is 5.27. The van der Waals surface area contributed by atoms with Crippen molar-refractivity contribution >= 4 is 0 Å². The van der Waals surface area contributed by atoms with Crippen molar-refractivity contribution in [3.8, 4) is 12.5 Å². The van der Waals surface area contributed by atoms with E-state index in [1.165, 1.54) is 19.3 Å². The fraction of sp³-hybridized carbons (Fsp3) is 0.750. The summed E-state index contributed by atoms with van der Waals surface area (Å²) in [5.41, 5.74) is 0. The highest BCUT2D eigenvalue weighted by molar-refractivity contribution is 4.90. The molecule has 1 aliphatic heterocycles. The van der Waals surface area contributed by atoms with Gasteiger partial charge in [0.25, 0.3) is 0 Å². The minimum atomic E-state index is 0.615. The Bertz CT molecular complexity index is 123. The molecule has 1 heteroatoms. The van der Waals surface area contributed by atoms with E-state index in [0.717, 1.165) is 6.54 Å². The molecular formula is C8H13N. The highest BCUT2D eigenvalue weighted by atomic mass is 15.1. The van der Waals surface area contributed by atoms with Gasteiger partial charge in [0.1, 0.15) is 0 Å². The first-order valence-corrected chi connectivity index (χ1v) is 3.57. The van der Waals surface area contributed by atoms with Gasteiger partial charge >= 0.3 is 0 Å². The number of piperidine rings is 1. The molecule has 1 saturated heterocycles. The lowest BCUT2D eigenvalue weighted by atomic mass is 10.1. The first-order chi connectivity index (χ1) is 4.34. The van der Waals surface area contributed by atoms with Crippen LogP contribution in [0.3, 0.4) is 0 Å². The number of rotatable bonds is 0. The summed E-state index contributed by atoms with van der Waals surface area (Å²) in [5.74, 6) is 0. The predicted molar refractivity (Wildman–Crippen MR) is 38.9 cm³/mol. The molecule has 1 heterocycles. The Hall–Kier alpha value is -0.640. The second-order valence-corrected chi connectivity index (χ2v) is 2.67. The predicted octanol–water partition coefficient (Wildman–Crippen LogP) is 1.45. The van der Waals surface area contributed by atoms with Crippen molar-refractivity contribution in [2.75, 3.05) is 6.54 Å². The summed E-state index contributed by atoms with van der Waals surface area (Å²) in [4.78, 5) is 2.09. The minimum absolute atomic E-state index is 0.615. The maximum atomic E-state index is 5.27. The highest BCUT2D eigenvalue weighted by Crippen LogP contribution is 2.14. The largest absolute Gasteiger partial charge is 0.330 e. The number of nitrogens with zero attached hydrogens (tertiary/aromatic N) is 1. The van der Waals surface area contributed by atoms with Crippen molar-refractivity contribution in [2.45, 2.75) is 32.2 Å². The summed E-state index contributed by atoms with van der Waals surface area (Å²) in [5, 5.41) is 0. The molecule has 0 saturated carbocycles. The van der Waals surface area contributed by atoms with Crippen LogP contribution in [0.4, 0.5) is 0 Å². The monoisotopic (exact) mass is 123 g/mol. The Kier molecular flexibility index (Phi) is 2.00. The van der Waals surface area contributed by atoms with Crippen molar-refractivity contribution < 1.29 is 0 Å². The normalized spacial score (nSPS) is 27.6. The second kappa shape index (κ2) is 2.77. The number of hydrogen-bond acceptors (Lipinski definition) is 1. The quantitative estimate of drug-likeness (QED) is 0.441. The van der Waals surface area contributed by atoms with Gasteiger partial charge in [-0.2, -0.15) is 0 Å². The molecule has 50 valence electrons. The summed E-state index contributed by atoms with van der Waals surface area (Å²) in [6.45, 7) is 3.29. The SMILES string of the molecule is C#CN1CCCCC1C. The summed E-state index contributed by atoms with van der Waals surface area (Å²) in [7, 11) is 0. The summed E-state index contributed by atoms with van der Waals surface area (Å²) in [6, 6.07) is 3.30. The zero-order chi connectivity index (χ0) is 6.69. The average Bonchev–Trinajstić information content (AvgIpc) is 1.89. The Morgan fingerprint density at radius 2 is 2.33 bits per heavy atom. The van der Waals surface area contributed by atoms with Gasteiger partial charge in [-0.1, -0.05) is 6.42 Å². The van der Waals surface area contributed by atoms with Crippen LogP contribution < -0.4 is 0 Å². The maximum Gasteiger partial charge on any atom is 0.0343 e. The standard InChI is InChI=1S/C8H13N/c1-3-9-7-5-4-6-8(9)2/h1,8H,4-7H2,2H3. The Morgan fingerprint density at radius 1 is 1.56 bits per heavy atom. The molecular weight excluding hydrogens is 110 g/mol. The Labute approximate surface area is 57.0 Å². The Balaban J connectivity index is 2.41. The third kappa shape index (κ3) is 1.38. The molecule has 1 rings (SSSR count). The first-order valence-electron chi connectivity index (χ1n) is 3.57. The van der Waals surface area contributed by atoms with E-state index in [-0.39, 0.29) is 0 Å². The van der Waals surface area contributed by atoms with E-state index in [9.17, 15) is 0 Å². The number of hydrogen-bond donors (Lipinski definition) is 0. The van der Waals surface area contributed by atoms with E-state index in [4.69, 9.17) is 6.42 Å². The van der Waals surface area contributed by atoms with Crippen LogP contribution in [0.5, 0.6) is 0 Å². The fourth-order valence-corrected chi connectivity index (χ4v) is 1.29. The van der Waals surface area contributed by atoms with Crippen LogP contribution in [-0.4, -0.2) is 17.5 Å². The van der Waals surface area contributed by atoms with Gasteiger partial charge < -0.3 is 4.90 Å². The summed E-state index contributed by atoms with van der Waals surface area (Å²) < 4.78 is 0. The zero-order valence-corrected chi connectivity index (χ0v) is 5.93. The summed E-state index contributed by atoms with van der Waals surface area (Å²) in [6.07, 6.45) is 9.16. The fourth-order valence-electron chi connectivity index (χ4n) is 1.29. The molecule has 0 bridgehead atoms. The van der Waals surface area contributed by atoms with E-state index in [0.29, 0.717) is 6.04 Å². The molecule has 0 spiro atoms. The van der Waals surface area contributed by atoms with Gasteiger partial charge in [0.15, 0.2) is 0 Å². The van der Waals surface area contributed by atoms with Crippen molar-refractivity contribution in [3.63, 3.8) is 0 Å². The van der Waals surface area contributed by atoms with Gasteiger partial charge in [-0.3, -0.25) is 0 Å². The molecule has 1 aliphatic rings. The van der Waals surface area contributed by atoms with Crippen molar-refractivity contribution in [1.82, 2.24) is 4.90 Å². The molecule has 0 aromatic carbocycles. The van der Waals surface area contributed by atoms with Crippen LogP contribution in [0.25, 0.3) is 0 Å². The third-order valence-corrected chi connectivity index (χ3v) is 1.97. The molecule has 0 aromatic heterocycles. The Morgan fingerprint density at radius 3 is 2.78 bits per heavy atom. The van der Waals surface area contributed by atoms with E-state index in [2.05, 4.69) is 17.9 Å². The van der Waals surface area contributed by atoms with Gasteiger partial charge in [0, 0.05) is 18.6 Å². The first kappa shape index (κ1) is 6.48. The van der Waals surface area contributed by atoms with Crippen LogP contribution in [0.1, 0.15) is 26.2 Å². The lowest BCUT2D eigenvalue weighted by Gasteiger charge is -2.29. The average molecular weight is 123 g/mol. The van der Waals surface area contributed by atoms with E-state index in [1.54, 1.807) is 0 Å². The molecule has 0 amide bonds. The van der Waals surface area contributed by atoms with Gasteiger partial charge in [-0.15, -0.1) is 0 Å². The minimum Gasteiger partial charge on any atom is -0.330 e. The number of terminal acetylenes is 1. The van der Waals surface area contributed by atoms with E-state index < -0.39 is 0 Å². The van der Waals surface area contributed by atoms with Gasteiger partial charge in [-0.25, -0.2) is 0 Å². The lowest BCUT2D eigenvalue weighted by Crippen LogP contribution is -2.33. The van der Waals surface area contributed by atoms with Gasteiger partial charge in [0.2, 0.25) is 0 Å². The topological polar surface area (TPSA) is 3.24 Å². The smallest absolute Gasteiger partial charge is 0.0343 e.